The number of aliphatic hydroxyl groups excluding tert-OH is 1. The number of amides is 1. The minimum Gasteiger partial charge on any atom is -0.387 e. The number of H-pyrrole nitrogens is 1. The lowest BCUT2D eigenvalue weighted by Crippen LogP contribution is -2.42. The quantitative estimate of drug-likeness (QED) is 0.274. The second-order valence-corrected chi connectivity index (χ2v) is 9.76. The van der Waals surface area contributed by atoms with Crippen LogP contribution in [-0.2, 0) is 11.2 Å². The topological polar surface area (TPSA) is 138 Å². The lowest BCUT2D eigenvalue weighted by atomic mass is 10.00. The van der Waals surface area contributed by atoms with Crippen LogP contribution in [-0.4, -0.2) is 64.7 Å². The molecule has 10 nitrogen and oxygen atoms in total. The molecule has 0 radical (unpaired) electrons. The van der Waals surface area contributed by atoms with Gasteiger partial charge in [-0.2, -0.15) is 9.61 Å². The SMILES string of the molecule is CCCN(C(=O)CO)[C@H](CC)CCc1nc2c(-c3cnc(-c4ncc[nH]4)c(F)c3)cnn2c(N)c1C1CC1. The summed E-state index contributed by atoms with van der Waals surface area (Å²) in [5.74, 6) is 0.482. The van der Waals surface area contributed by atoms with Crippen LogP contribution >= 0.6 is 0 Å². The molecule has 4 heterocycles. The number of fused-ring (bicyclic) bond motifs is 1. The minimum absolute atomic E-state index is 0.0160. The van der Waals surface area contributed by atoms with Gasteiger partial charge in [-0.05, 0) is 50.5 Å². The number of pyridine rings is 1. The van der Waals surface area contributed by atoms with Crippen molar-refractivity contribution in [1.29, 1.82) is 0 Å². The van der Waals surface area contributed by atoms with Crippen LogP contribution in [0.1, 0.15) is 63.1 Å². The monoisotopic (exact) mass is 520 g/mol. The highest BCUT2D eigenvalue weighted by Gasteiger charge is 2.32. The molecule has 1 saturated carbocycles. The third kappa shape index (κ3) is 4.85. The number of aromatic amines is 1. The number of nitrogen functional groups attached to an aromatic ring is 1. The van der Waals surface area contributed by atoms with Crippen LogP contribution in [0.4, 0.5) is 10.2 Å². The number of anilines is 1. The molecule has 1 amide bonds. The molecule has 1 fully saturated rings. The van der Waals surface area contributed by atoms with Crippen molar-refractivity contribution in [2.24, 2.45) is 0 Å². The molecule has 0 spiro atoms. The highest BCUT2D eigenvalue weighted by molar-refractivity contribution is 5.79. The summed E-state index contributed by atoms with van der Waals surface area (Å²) in [5.41, 5.74) is 10.4. The smallest absolute Gasteiger partial charge is 0.248 e. The first-order valence-electron chi connectivity index (χ1n) is 13.2. The van der Waals surface area contributed by atoms with E-state index in [4.69, 9.17) is 10.7 Å². The van der Waals surface area contributed by atoms with Crippen LogP contribution in [0.5, 0.6) is 0 Å². The molecule has 4 N–H and O–H groups in total. The van der Waals surface area contributed by atoms with Crippen molar-refractivity contribution in [3.8, 4) is 22.6 Å². The van der Waals surface area contributed by atoms with E-state index in [0.717, 1.165) is 36.9 Å². The van der Waals surface area contributed by atoms with Gasteiger partial charge in [-0.3, -0.25) is 4.79 Å². The normalized spacial score (nSPS) is 14.2. The number of hydrogen-bond acceptors (Lipinski definition) is 7. The number of carbonyl (C=O) groups is 1. The predicted octanol–water partition coefficient (Wildman–Crippen LogP) is 3.72. The first-order chi connectivity index (χ1) is 18.5. The van der Waals surface area contributed by atoms with E-state index in [9.17, 15) is 14.3 Å². The van der Waals surface area contributed by atoms with E-state index in [1.165, 1.54) is 6.07 Å². The molecule has 0 unspecified atom stereocenters. The van der Waals surface area contributed by atoms with Gasteiger partial charge in [0.15, 0.2) is 17.3 Å². The van der Waals surface area contributed by atoms with Crippen molar-refractivity contribution < 1.29 is 14.3 Å². The van der Waals surface area contributed by atoms with Crippen LogP contribution < -0.4 is 5.73 Å². The van der Waals surface area contributed by atoms with Crippen LogP contribution in [0.3, 0.4) is 0 Å². The first-order valence-corrected chi connectivity index (χ1v) is 13.2. The van der Waals surface area contributed by atoms with Crippen molar-refractivity contribution in [3.05, 3.63) is 47.9 Å². The van der Waals surface area contributed by atoms with E-state index < -0.39 is 12.4 Å². The summed E-state index contributed by atoms with van der Waals surface area (Å²) in [6.07, 6.45) is 11.4. The van der Waals surface area contributed by atoms with Gasteiger partial charge in [0, 0.05) is 47.9 Å². The average Bonchev–Trinajstić information content (AvgIpc) is 3.42. The van der Waals surface area contributed by atoms with Gasteiger partial charge in [-0.15, -0.1) is 0 Å². The number of imidazole rings is 1. The number of rotatable bonds is 11. The Kier molecular flexibility index (Phi) is 7.37. The first kappa shape index (κ1) is 25.8. The number of halogens is 1. The van der Waals surface area contributed by atoms with Gasteiger partial charge < -0.3 is 20.7 Å². The Morgan fingerprint density at radius 2 is 2.13 bits per heavy atom. The molecular formula is C27H33FN8O2. The molecule has 200 valence electrons. The summed E-state index contributed by atoms with van der Waals surface area (Å²) in [7, 11) is 0. The van der Waals surface area contributed by atoms with Crippen LogP contribution in [0.25, 0.3) is 28.3 Å². The van der Waals surface area contributed by atoms with Crippen molar-refractivity contribution >= 4 is 17.4 Å². The van der Waals surface area contributed by atoms with Gasteiger partial charge in [-0.1, -0.05) is 13.8 Å². The molecule has 0 saturated heterocycles. The average molecular weight is 521 g/mol. The van der Waals surface area contributed by atoms with Crippen LogP contribution in [0.2, 0.25) is 0 Å². The largest absolute Gasteiger partial charge is 0.387 e. The Labute approximate surface area is 220 Å². The molecule has 1 aliphatic carbocycles. The van der Waals surface area contributed by atoms with E-state index in [1.54, 1.807) is 34.2 Å². The standard InChI is InChI=1S/C27H33FN8O2/c1-3-11-35(22(38)15-37)18(4-2)7-8-21-23(16-5-6-16)25(29)36-27(34-21)19(14-33-36)17-12-20(28)24(32-13-17)26-30-9-10-31-26/h9-10,12-14,16,18,37H,3-8,11,15,29H2,1-2H3,(H,30,31)/t18-/m1/s1. The molecule has 11 heteroatoms. The number of aryl methyl sites for hydroxylation is 1. The lowest BCUT2D eigenvalue weighted by Gasteiger charge is -2.31. The number of nitrogens with one attached hydrogen (secondary N) is 1. The zero-order valence-corrected chi connectivity index (χ0v) is 21.7. The maximum atomic E-state index is 15.0. The number of carbonyl (C=O) groups excluding carboxylic acids is 1. The molecule has 0 aliphatic heterocycles. The molecule has 0 aromatic carbocycles. The van der Waals surface area contributed by atoms with Gasteiger partial charge >= 0.3 is 0 Å². The van der Waals surface area contributed by atoms with E-state index in [2.05, 4.69) is 20.1 Å². The fourth-order valence-corrected chi connectivity index (χ4v) is 5.17. The zero-order chi connectivity index (χ0) is 26.8. The van der Waals surface area contributed by atoms with E-state index in [-0.39, 0.29) is 17.6 Å². The van der Waals surface area contributed by atoms with Gasteiger partial charge in [0.25, 0.3) is 0 Å². The van der Waals surface area contributed by atoms with Gasteiger partial charge in [-0.25, -0.2) is 19.3 Å². The predicted molar refractivity (Wildman–Crippen MR) is 142 cm³/mol. The summed E-state index contributed by atoms with van der Waals surface area (Å²) in [5, 5.41) is 14.0. The molecule has 38 heavy (non-hydrogen) atoms. The number of aliphatic hydroxyl groups is 1. The van der Waals surface area contributed by atoms with E-state index in [1.807, 2.05) is 13.8 Å². The summed E-state index contributed by atoms with van der Waals surface area (Å²) >= 11 is 0. The number of hydrogen-bond donors (Lipinski definition) is 3. The Hall–Kier alpha value is -3.86. The molecule has 1 atom stereocenters. The maximum absolute atomic E-state index is 15.0. The summed E-state index contributed by atoms with van der Waals surface area (Å²) in [6.45, 7) is 4.17. The fourth-order valence-electron chi connectivity index (χ4n) is 5.17. The van der Waals surface area contributed by atoms with Crippen LogP contribution in [0, 0.1) is 5.82 Å². The molecule has 0 bridgehead atoms. The van der Waals surface area contributed by atoms with Gasteiger partial charge in [0.05, 0.1) is 11.9 Å². The van der Waals surface area contributed by atoms with Crippen LogP contribution in [0.15, 0.2) is 30.9 Å². The van der Waals surface area contributed by atoms with Crippen molar-refractivity contribution in [1.82, 2.24) is 34.4 Å². The second kappa shape index (κ2) is 10.9. The third-order valence-electron chi connectivity index (χ3n) is 7.21. The molecule has 5 rings (SSSR count). The molecule has 4 aromatic heterocycles. The summed E-state index contributed by atoms with van der Waals surface area (Å²) < 4.78 is 16.6. The zero-order valence-electron chi connectivity index (χ0n) is 21.7. The summed E-state index contributed by atoms with van der Waals surface area (Å²) in [4.78, 5) is 30.4. The second-order valence-electron chi connectivity index (χ2n) is 9.76. The van der Waals surface area contributed by atoms with Gasteiger partial charge in [0.1, 0.15) is 18.1 Å². The fraction of sp³-hybridized carbons (Fsp3) is 0.444. The number of nitrogens with zero attached hydrogens (tertiary/aromatic N) is 6. The lowest BCUT2D eigenvalue weighted by molar-refractivity contribution is -0.136. The summed E-state index contributed by atoms with van der Waals surface area (Å²) in [6, 6.07) is 1.39. The molecule has 1 aliphatic rings. The highest BCUT2D eigenvalue weighted by atomic mass is 19.1. The van der Waals surface area contributed by atoms with Crippen molar-refractivity contribution in [2.75, 3.05) is 18.9 Å². The Bertz CT molecular complexity index is 1430. The molecular weight excluding hydrogens is 487 g/mol. The number of aromatic nitrogens is 6. The van der Waals surface area contributed by atoms with Crippen molar-refractivity contribution in [3.63, 3.8) is 0 Å². The van der Waals surface area contributed by atoms with E-state index in [0.29, 0.717) is 53.7 Å². The Morgan fingerprint density at radius 1 is 1.32 bits per heavy atom. The number of nitrogens with two attached hydrogens (primary N) is 1. The van der Waals surface area contributed by atoms with Gasteiger partial charge in [0.2, 0.25) is 5.91 Å². The highest BCUT2D eigenvalue weighted by Crippen LogP contribution is 2.45. The third-order valence-corrected chi connectivity index (χ3v) is 7.21. The Balaban J connectivity index is 1.50. The maximum Gasteiger partial charge on any atom is 0.248 e. The molecule has 4 aromatic rings. The minimum atomic E-state index is -0.505. The van der Waals surface area contributed by atoms with E-state index >= 15 is 0 Å². The van der Waals surface area contributed by atoms with Crippen molar-refractivity contribution in [2.45, 2.75) is 64.3 Å². The Morgan fingerprint density at radius 3 is 2.76 bits per heavy atom.